The van der Waals surface area contributed by atoms with Gasteiger partial charge in [0.1, 0.15) is 5.69 Å². The second-order valence-electron chi connectivity index (χ2n) is 4.79. The molecule has 0 fully saturated rings. The van der Waals surface area contributed by atoms with Crippen molar-refractivity contribution in [3.05, 3.63) is 56.3 Å². The fourth-order valence-corrected chi connectivity index (χ4v) is 2.58. The molecule has 0 saturated heterocycles. The third-order valence-electron chi connectivity index (χ3n) is 3.07. The van der Waals surface area contributed by atoms with Crippen LogP contribution in [0.2, 0.25) is 0 Å². The average Bonchev–Trinajstić information content (AvgIpc) is 3.06. The van der Waals surface area contributed by atoms with Crippen molar-refractivity contribution >= 4 is 34.6 Å². The monoisotopic (exact) mass is 349 g/mol. The highest BCUT2D eigenvalue weighted by Crippen LogP contribution is 2.22. The standard InChI is InChI=1S/C15H15N3O5S/c16-12-4-3-10(8-13(12)18(21)22)15(20)23-9-14(19)17-6-5-11-2-1-7-24-11/h1-4,7-8H,5-6,9,16H2,(H,17,19). The van der Waals surface area contributed by atoms with E-state index in [1.807, 2.05) is 17.5 Å². The number of nitro groups is 1. The highest BCUT2D eigenvalue weighted by molar-refractivity contribution is 7.09. The van der Waals surface area contributed by atoms with Gasteiger partial charge in [-0.1, -0.05) is 6.07 Å². The number of benzene rings is 1. The van der Waals surface area contributed by atoms with Crippen molar-refractivity contribution in [3.63, 3.8) is 0 Å². The molecule has 0 spiro atoms. The van der Waals surface area contributed by atoms with Crippen LogP contribution in [0.25, 0.3) is 0 Å². The number of hydrogen-bond acceptors (Lipinski definition) is 7. The fourth-order valence-electron chi connectivity index (χ4n) is 1.87. The van der Waals surface area contributed by atoms with Crippen LogP contribution >= 0.6 is 11.3 Å². The Morgan fingerprint density at radius 1 is 1.33 bits per heavy atom. The molecular weight excluding hydrogens is 334 g/mol. The zero-order valence-electron chi connectivity index (χ0n) is 12.6. The second kappa shape index (κ2) is 8.06. The van der Waals surface area contributed by atoms with Crippen molar-refractivity contribution in [2.45, 2.75) is 6.42 Å². The Morgan fingerprint density at radius 3 is 2.79 bits per heavy atom. The molecule has 9 heteroatoms. The van der Waals surface area contributed by atoms with Crippen LogP contribution in [0.5, 0.6) is 0 Å². The summed E-state index contributed by atoms with van der Waals surface area (Å²) in [6.07, 6.45) is 0.696. The van der Waals surface area contributed by atoms with Gasteiger partial charge in [0.05, 0.1) is 10.5 Å². The molecule has 0 unspecified atom stereocenters. The minimum atomic E-state index is -0.827. The number of amides is 1. The smallest absolute Gasteiger partial charge is 0.338 e. The molecule has 0 atom stereocenters. The molecule has 24 heavy (non-hydrogen) atoms. The number of nitrogens with one attached hydrogen (secondary N) is 1. The first kappa shape index (κ1) is 17.4. The van der Waals surface area contributed by atoms with Crippen LogP contribution in [-0.2, 0) is 16.0 Å². The summed E-state index contributed by atoms with van der Waals surface area (Å²) in [5.41, 5.74) is 4.97. The van der Waals surface area contributed by atoms with Crippen LogP contribution in [-0.4, -0.2) is 30.0 Å². The lowest BCUT2D eigenvalue weighted by molar-refractivity contribution is -0.383. The molecule has 0 saturated carbocycles. The Hall–Kier alpha value is -2.94. The van der Waals surface area contributed by atoms with Crippen molar-refractivity contribution in [2.24, 2.45) is 0 Å². The van der Waals surface area contributed by atoms with E-state index in [-0.39, 0.29) is 16.9 Å². The van der Waals surface area contributed by atoms with Crippen molar-refractivity contribution in [1.82, 2.24) is 5.32 Å². The summed E-state index contributed by atoms with van der Waals surface area (Å²) in [4.78, 5) is 34.7. The van der Waals surface area contributed by atoms with E-state index in [0.717, 1.165) is 10.9 Å². The summed E-state index contributed by atoms with van der Waals surface area (Å²) in [6.45, 7) is -0.0221. The van der Waals surface area contributed by atoms with Gasteiger partial charge in [-0.25, -0.2) is 4.79 Å². The summed E-state index contributed by atoms with van der Waals surface area (Å²) in [7, 11) is 0. The van der Waals surface area contributed by atoms with E-state index < -0.39 is 23.4 Å². The Labute approximate surface area is 141 Å². The molecule has 8 nitrogen and oxygen atoms in total. The Morgan fingerprint density at radius 2 is 2.12 bits per heavy atom. The molecule has 2 aromatic rings. The van der Waals surface area contributed by atoms with Crippen LogP contribution < -0.4 is 11.1 Å². The number of ether oxygens (including phenoxy) is 1. The zero-order valence-corrected chi connectivity index (χ0v) is 13.4. The van der Waals surface area contributed by atoms with Gasteiger partial charge in [-0.3, -0.25) is 14.9 Å². The molecule has 0 aliphatic rings. The number of hydrogen-bond donors (Lipinski definition) is 2. The van der Waals surface area contributed by atoms with E-state index in [2.05, 4.69) is 5.32 Å². The number of nitrogens with two attached hydrogens (primary N) is 1. The minimum Gasteiger partial charge on any atom is -0.452 e. The predicted octanol–water partition coefficient (Wildman–Crippen LogP) is 1.75. The highest BCUT2D eigenvalue weighted by Gasteiger charge is 2.17. The van der Waals surface area contributed by atoms with E-state index in [4.69, 9.17) is 10.5 Å². The summed E-state index contributed by atoms with van der Waals surface area (Å²) >= 11 is 1.59. The van der Waals surface area contributed by atoms with E-state index in [1.165, 1.54) is 12.1 Å². The number of anilines is 1. The number of thiophene rings is 1. The minimum absolute atomic E-state index is 0.0396. The van der Waals surface area contributed by atoms with E-state index in [0.29, 0.717) is 13.0 Å². The first-order valence-electron chi connectivity index (χ1n) is 6.97. The van der Waals surface area contributed by atoms with Gasteiger partial charge in [0.15, 0.2) is 6.61 Å². The summed E-state index contributed by atoms with van der Waals surface area (Å²) in [6, 6.07) is 7.46. The van der Waals surface area contributed by atoms with E-state index >= 15 is 0 Å². The Balaban J connectivity index is 1.81. The van der Waals surface area contributed by atoms with E-state index in [1.54, 1.807) is 11.3 Å². The van der Waals surface area contributed by atoms with Gasteiger partial charge >= 0.3 is 5.97 Å². The van der Waals surface area contributed by atoms with E-state index in [9.17, 15) is 19.7 Å². The zero-order chi connectivity index (χ0) is 17.5. The number of rotatable bonds is 7. The maximum atomic E-state index is 11.8. The lowest BCUT2D eigenvalue weighted by Gasteiger charge is -2.06. The Kier molecular flexibility index (Phi) is 5.85. The molecule has 1 amide bonds. The number of esters is 1. The number of nitrogens with zero attached hydrogens (tertiary/aromatic N) is 1. The molecule has 1 heterocycles. The second-order valence-corrected chi connectivity index (χ2v) is 5.82. The molecule has 3 N–H and O–H groups in total. The normalized spacial score (nSPS) is 10.2. The molecule has 1 aromatic carbocycles. The first-order chi connectivity index (χ1) is 11.5. The average molecular weight is 349 g/mol. The molecule has 0 aliphatic carbocycles. The number of nitrogen functional groups attached to an aromatic ring is 1. The number of nitro benzene ring substituents is 1. The van der Waals surface area contributed by atoms with Gasteiger partial charge in [0.25, 0.3) is 11.6 Å². The van der Waals surface area contributed by atoms with Crippen LogP contribution in [0, 0.1) is 10.1 Å². The SMILES string of the molecule is Nc1ccc(C(=O)OCC(=O)NCCc2cccs2)cc1[N+](=O)[O-]. The fraction of sp³-hybridized carbons (Fsp3) is 0.200. The van der Waals surface area contributed by atoms with Gasteiger partial charge in [-0.2, -0.15) is 0 Å². The topological polar surface area (TPSA) is 125 Å². The molecule has 126 valence electrons. The lowest BCUT2D eigenvalue weighted by Crippen LogP contribution is -2.30. The lowest BCUT2D eigenvalue weighted by atomic mass is 10.2. The van der Waals surface area contributed by atoms with Crippen LogP contribution in [0.3, 0.4) is 0 Å². The van der Waals surface area contributed by atoms with Gasteiger partial charge in [-0.05, 0) is 30.0 Å². The highest BCUT2D eigenvalue weighted by atomic mass is 32.1. The molecule has 0 radical (unpaired) electrons. The van der Waals surface area contributed by atoms with Crippen molar-refractivity contribution in [2.75, 3.05) is 18.9 Å². The van der Waals surface area contributed by atoms with Gasteiger partial charge in [0, 0.05) is 17.5 Å². The van der Waals surface area contributed by atoms with Crippen molar-refractivity contribution in [1.29, 1.82) is 0 Å². The molecule has 2 rings (SSSR count). The van der Waals surface area contributed by atoms with Gasteiger partial charge in [-0.15, -0.1) is 11.3 Å². The molecular formula is C15H15N3O5S. The van der Waals surface area contributed by atoms with Crippen LogP contribution in [0.1, 0.15) is 15.2 Å². The van der Waals surface area contributed by atoms with Gasteiger partial charge < -0.3 is 15.8 Å². The summed E-state index contributed by atoms with van der Waals surface area (Å²) < 4.78 is 4.84. The predicted molar refractivity (Wildman–Crippen MR) is 88.8 cm³/mol. The third-order valence-corrected chi connectivity index (χ3v) is 4.01. The van der Waals surface area contributed by atoms with Crippen LogP contribution in [0.15, 0.2) is 35.7 Å². The maximum absolute atomic E-state index is 11.8. The molecule has 0 bridgehead atoms. The largest absolute Gasteiger partial charge is 0.452 e. The summed E-state index contributed by atoms with van der Waals surface area (Å²) in [5, 5.41) is 15.4. The third kappa shape index (κ3) is 4.78. The molecule has 0 aliphatic heterocycles. The van der Waals surface area contributed by atoms with Crippen LogP contribution in [0.4, 0.5) is 11.4 Å². The number of carbonyl (C=O) groups excluding carboxylic acids is 2. The Bertz CT molecular complexity index is 746. The molecule has 1 aromatic heterocycles. The van der Waals surface area contributed by atoms with Crippen molar-refractivity contribution < 1.29 is 19.2 Å². The maximum Gasteiger partial charge on any atom is 0.338 e. The van der Waals surface area contributed by atoms with Crippen molar-refractivity contribution in [3.8, 4) is 0 Å². The van der Waals surface area contributed by atoms with Gasteiger partial charge in [0.2, 0.25) is 0 Å². The first-order valence-corrected chi connectivity index (χ1v) is 7.85. The number of carbonyl (C=O) groups is 2. The quantitative estimate of drug-likeness (QED) is 0.340. The summed E-state index contributed by atoms with van der Waals surface area (Å²) in [5.74, 6) is -1.27.